The molecule has 4 heterocycles. The number of pyridine rings is 2. The number of nitrogens with zero attached hydrogens (tertiary/aromatic N) is 4. The summed E-state index contributed by atoms with van der Waals surface area (Å²) < 4.78 is 1.68. The van der Waals surface area contributed by atoms with Gasteiger partial charge in [0.1, 0.15) is 11.5 Å². The number of amides is 1. The van der Waals surface area contributed by atoms with Crippen molar-refractivity contribution in [3.63, 3.8) is 0 Å². The quantitative estimate of drug-likeness (QED) is 0.619. The Bertz CT molecular complexity index is 1170. The molecule has 2 N–H and O–H groups in total. The van der Waals surface area contributed by atoms with Crippen molar-refractivity contribution in [1.29, 1.82) is 0 Å². The van der Waals surface area contributed by atoms with E-state index in [4.69, 9.17) is 0 Å². The molecule has 3 aromatic rings. The maximum absolute atomic E-state index is 12.6. The molecule has 0 radical (unpaired) electrons. The van der Waals surface area contributed by atoms with Crippen LogP contribution in [0.2, 0.25) is 0 Å². The lowest BCUT2D eigenvalue weighted by atomic mass is 10.0. The van der Waals surface area contributed by atoms with E-state index >= 15 is 0 Å². The number of fused-ring (bicyclic) bond motifs is 1. The molecule has 0 spiro atoms. The topological polar surface area (TPSA) is 95.9 Å². The molecule has 1 amide bonds. The Balaban J connectivity index is 1.37. The Morgan fingerprint density at radius 2 is 1.94 bits per heavy atom. The monoisotopic (exact) mass is 436 g/mol. The summed E-state index contributed by atoms with van der Waals surface area (Å²) >= 11 is 0. The SMILES string of the molecule is Cc1nn(C)c2[nH]c(=O)c(CCC(=O)NCc3ccnc(N4CCCCCC4)c3)c(C)c12. The van der Waals surface area contributed by atoms with Crippen LogP contribution >= 0.6 is 0 Å². The molecule has 1 aliphatic heterocycles. The van der Waals surface area contributed by atoms with Crippen LogP contribution in [0, 0.1) is 13.8 Å². The zero-order valence-corrected chi connectivity index (χ0v) is 19.2. The molecule has 0 saturated carbocycles. The minimum Gasteiger partial charge on any atom is -0.357 e. The van der Waals surface area contributed by atoms with Crippen LogP contribution < -0.4 is 15.8 Å². The molecule has 3 aromatic heterocycles. The first-order valence-corrected chi connectivity index (χ1v) is 11.5. The van der Waals surface area contributed by atoms with Gasteiger partial charge in [-0.05, 0) is 56.4 Å². The van der Waals surface area contributed by atoms with Crippen molar-refractivity contribution in [1.82, 2.24) is 25.1 Å². The highest BCUT2D eigenvalue weighted by atomic mass is 16.1. The van der Waals surface area contributed by atoms with E-state index in [-0.39, 0.29) is 17.9 Å². The maximum atomic E-state index is 12.6. The van der Waals surface area contributed by atoms with Crippen LogP contribution in [-0.2, 0) is 24.8 Å². The van der Waals surface area contributed by atoms with E-state index < -0.39 is 0 Å². The van der Waals surface area contributed by atoms with Gasteiger partial charge in [0, 0.05) is 50.2 Å². The highest BCUT2D eigenvalue weighted by Gasteiger charge is 2.16. The molecule has 8 heteroatoms. The number of hydrogen-bond acceptors (Lipinski definition) is 5. The predicted molar refractivity (Wildman–Crippen MR) is 126 cm³/mol. The predicted octanol–water partition coefficient (Wildman–Crippen LogP) is 2.90. The van der Waals surface area contributed by atoms with Crippen LogP contribution in [0.15, 0.2) is 23.1 Å². The first kappa shape index (κ1) is 22.0. The number of carbonyl (C=O) groups is 1. The van der Waals surface area contributed by atoms with E-state index in [9.17, 15) is 9.59 Å². The smallest absolute Gasteiger partial charge is 0.253 e. The van der Waals surface area contributed by atoms with E-state index in [1.807, 2.05) is 33.2 Å². The molecular weight excluding hydrogens is 404 g/mol. The zero-order chi connectivity index (χ0) is 22.7. The van der Waals surface area contributed by atoms with E-state index in [0.29, 0.717) is 18.5 Å². The van der Waals surface area contributed by atoms with E-state index in [1.54, 1.807) is 4.68 Å². The highest BCUT2D eigenvalue weighted by Crippen LogP contribution is 2.21. The first-order chi connectivity index (χ1) is 15.4. The van der Waals surface area contributed by atoms with Crippen LogP contribution in [-0.4, -0.2) is 38.7 Å². The van der Waals surface area contributed by atoms with Crippen LogP contribution in [0.1, 0.15) is 54.5 Å². The van der Waals surface area contributed by atoms with Gasteiger partial charge in [0.2, 0.25) is 5.91 Å². The Hall–Kier alpha value is -3.16. The molecule has 0 aromatic carbocycles. The van der Waals surface area contributed by atoms with Crippen LogP contribution in [0.5, 0.6) is 0 Å². The number of aromatic amines is 1. The fourth-order valence-electron chi connectivity index (χ4n) is 4.63. The summed E-state index contributed by atoms with van der Waals surface area (Å²) in [7, 11) is 1.81. The lowest BCUT2D eigenvalue weighted by molar-refractivity contribution is -0.121. The summed E-state index contributed by atoms with van der Waals surface area (Å²) in [6, 6.07) is 4.01. The molecule has 32 heavy (non-hydrogen) atoms. The van der Waals surface area contributed by atoms with E-state index in [2.05, 4.69) is 31.3 Å². The number of rotatable bonds is 6. The minimum atomic E-state index is -0.151. The number of nitrogens with one attached hydrogen (secondary N) is 2. The third kappa shape index (κ3) is 4.69. The second kappa shape index (κ2) is 9.54. The van der Waals surface area contributed by atoms with Crippen molar-refractivity contribution in [3.05, 3.63) is 51.1 Å². The molecule has 170 valence electrons. The summed E-state index contributed by atoms with van der Waals surface area (Å²) in [4.78, 5) is 34.9. The van der Waals surface area contributed by atoms with Crippen molar-refractivity contribution in [2.45, 2.75) is 58.9 Å². The Kier molecular flexibility index (Phi) is 6.58. The summed E-state index contributed by atoms with van der Waals surface area (Å²) in [6.07, 6.45) is 7.43. The summed E-state index contributed by atoms with van der Waals surface area (Å²) in [6.45, 7) is 6.40. The van der Waals surface area contributed by atoms with Gasteiger partial charge in [-0.2, -0.15) is 5.10 Å². The average molecular weight is 437 g/mol. The first-order valence-electron chi connectivity index (χ1n) is 11.5. The second-order valence-electron chi connectivity index (χ2n) is 8.69. The molecule has 0 unspecified atom stereocenters. The van der Waals surface area contributed by atoms with Crippen molar-refractivity contribution < 1.29 is 4.79 Å². The molecular formula is C24H32N6O2. The van der Waals surface area contributed by atoms with Crippen molar-refractivity contribution in [2.24, 2.45) is 7.05 Å². The largest absolute Gasteiger partial charge is 0.357 e. The van der Waals surface area contributed by atoms with Gasteiger partial charge < -0.3 is 15.2 Å². The van der Waals surface area contributed by atoms with Gasteiger partial charge in [-0.1, -0.05) is 12.8 Å². The molecule has 0 bridgehead atoms. The maximum Gasteiger partial charge on any atom is 0.253 e. The van der Waals surface area contributed by atoms with Gasteiger partial charge in [0.05, 0.1) is 5.69 Å². The van der Waals surface area contributed by atoms with Crippen molar-refractivity contribution in [3.8, 4) is 0 Å². The van der Waals surface area contributed by atoms with Gasteiger partial charge in [0.15, 0.2) is 0 Å². The Morgan fingerprint density at radius 3 is 2.69 bits per heavy atom. The third-order valence-electron chi connectivity index (χ3n) is 6.39. The summed E-state index contributed by atoms with van der Waals surface area (Å²) in [5, 5.41) is 8.34. The third-order valence-corrected chi connectivity index (χ3v) is 6.39. The van der Waals surface area contributed by atoms with Crippen molar-refractivity contribution >= 4 is 22.8 Å². The molecule has 8 nitrogen and oxygen atoms in total. The lowest BCUT2D eigenvalue weighted by Crippen LogP contribution is -2.26. The van der Waals surface area contributed by atoms with Gasteiger partial charge in [0.25, 0.3) is 5.56 Å². The fourth-order valence-corrected chi connectivity index (χ4v) is 4.63. The second-order valence-corrected chi connectivity index (χ2v) is 8.69. The molecule has 1 fully saturated rings. The van der Waals surface area contributed by atoms with Crippen LogP contribution in [0.3, 0.4) is 0 Å². The van der Waals surface area contributed by atoms with E-state index in [1.165, 1.54) is 25.7 Å². The average Bonchev–Trinajstić information content (AvgIpc) is 2.95. The van der Waals surface area contributed by atoms with Crippen LogP contribution in [0.25, 0.3) is 11.0 Å². The number of aromatic nitrogens is 4. The molecule has 1 aliphatic rings. The lowest BCUT2D eigenvalue weighted by Gasteiger charge is -2.21. The molecule has 4 rings (SSSR count). The normalized spacial score (nSPS) is 14.5. The number of H-pyrrole nitrogens is 1. The van der Waals surface area contributed by atoms with Gasteiger partial charge in [-0.25, -0.2) is 4.98 Å². The summed E-state index contributed by atoms with van der Waals surface area (Å²) in [5.74, 6) is 0.917. The van der Waals surface area contributed by atoms with Gasteiger partial charge in [-0.3, -0.25) is 14.3 Å². The number of aryl methyl sites for hydroxylation is 3. The summed E-state index contributed by atoms with van der Waals surface area (Å²) in [5.41, 5.74) is 4.03. The minimum absolute atomic E-state index is 0.0695. The molecule has 0 atom stereocenters. The van der Waals surface area contributed by atoms with Gasteiger partial charge >= 0.3 is 0 Å². The highest BCUT2D eigenvalue weighted by molar-refractivity contribution is 5.83. The number of anilines is 1. The number of hydrogen-bond donors (Lipinski definition) is 2. The Labute approximate surface area is 188 Å². The van der Waals surface area contributed by atoms with Crippen LogP contribution in [0.4, 0.5) is 5.82 Å². The fraction of sp³-hybridized carbons (Fsp3) is 0.500. The molecule has 1 saturated heterocycles. The number of carbonyl (C=O) groups excluding carboxylic acids is 1. The van der Waals surface area contributed by atoms with Gasteiger partial charge in [-0.15, -0.1) is 0 Å². The van der Waals surface area contributed by atoms with Crippen molar-refractivity contribution in [2.75, 3.05) is 18.0 Å². The standard InChI is InChI=1S/C24H32N6O2/c1-16-19(24(32)27-23-22(16)17(2)28-29(23)3)8-9-21(31)26-15-18-10-11-25-20(14-18)30-12-6-4-5-7-13-30/h10-11,14H,4-9,12-13,15H2,1-3H3,(H,26,31)(H,27,32). The zero-order valence-electron chi connectivity index (χ0n) is 19.2. The van der Waals surface area contributed by atoms with E-state index in [0.717, 1.165) is 46.8 Å². The molecule has 0 aliphatic carbocycles. The Morgan fingerprint density at radius 1 is 1.19 bits per heavy atom.